The molecule has 0 aromatic rings. The average molecular weight is 209 g/mol. The first kappa shape index (κ1) is 10.9. The first-order valence-electron chi connectivity index (χ1n) is 4.33. The number of aliphatic hydroxyl groups is 1. The third-order valence-corrected chi connectivity index (χ3v) is 3.04. The van der Waals surface area contributed by atoms with Gasteiger partial charge in [0.2, 0.25) is 0 Å². The van der Waals surface area contributed by atoms with Crippen molar-refractivity contribution >= 4 is 10.1 Å². The molecule has 0 aromatic carbocycles. The fraction of sp³-hybridized carbons (Fsp3) is 1.00. The summed E-state index contributed by atoms with van der Waals surface area (Å²) < 4.78 is 29.4. The molecule has 0 amide bonds. The molecular formula is C7H15NO4S. The van der Waals surface area contributed by atoms with E-state index in [1.807, 2.05) is 4.90 Å². The Morgan fingerprint density at radius 3 is 2.69 bits per heavy atom. The van der Waals surface area contributed by atoms with Gasteiger partial charge in [-0.15, -0.1) is 0 Å². The summed E-state index contributed by atoms with van der Waals surface area (Å²) in [5, 5.41) is 8.91. The molecule has 0 unspecified atom stereocenters. The van der Waals surface area contributed by atoms with Gasteiger partial charge in [0.1, 0.15) is 0 Å². The standard InChI is InChI=1S/C7H15NO4S/c9-6-7-2-1-3-8(7)4-5-13(10,11)12/h7,9H,1-6H2,(H,10,11,12)/t7-/m0/s1. The van der Waals surface area contributed by atoms with E-state index in [4.69, 9.17) is 9.66 Å². The number of rotatable bonds is 4. The molecule has 0 spiro atoms. The Balaban J connectivity index is 2.36. The van der Waals surface area contributed by atoms with Crippen LogP contribution in [0.1, 0.15) is 12.8 Å². The first-order chi connectivity index (χ1) is 6.03. The summed E-state index contributed by atoms with van der Waals surface area (Å²) in [6, 6.07) is 0.0711. The molecule has 0 radical (unpaired) electrons. The molecule has 1 saturated heterocycles. The van der Waals surface area contributed by atoms with Crippen molar-refractivity contribution in [2.24, 2.45) is 0 Å². The number of aliphatic hydroxyl groups excluding tert-OH is 1. The lowest BCUT2D eigenvalue weighted by molar-refractivity contribution is 0.164. The van der Waals surface area contributed by atoms with Crippen molar-refractivity contribution in [1.82, 2.24) is 4.90 Å². The maximum atomic E-state index is 10.4. The van der Waals surface area contributed by atoms with Crippen molar-refractivity contribution in [3.63, 3.8) is 0 Å². The third kappa shape index (κ3) is 3.60. The Kier molecular flexibility index (Phi) is 3.66. The van der Waals surface area contributed by atoms with Crippen LogP contribution in [-0.4, -0.2) is 54.5 Å². The van der Waals surface area contributed by atoms with Crippen LogP contribution in [0, 0.1) is 0 Å². The van der Waals surface area contributed by atoms with Gasteiger partial charge in [-0.1, -0.05) is 0 Å². The lowest BCUT2D eigenvalue weighted by atomic mass is 10.2. The van der Waals surface area contributed by atoms with Crippen molar-refractivity contribution in [3.8, 4) is 0 Å². The number of hydrogen-bond acceptors (Lipinski definition) is 4. The minimum atomic E-state index is -3.87. The minimum absolute atomic E-state index is 0.0610. The zero-order valence-electron chi connectivity index (χ0n) is 7.39. The molecule has 1 aliphatic rings. The van der Waals surface area contributed by atoms with E-state index in [2.05, 4.69) is 0 Å². The van der Waals surface area contributed by atoms with Crippen molar-refractivity contribution in [3.05, 3.63) is 0 Å². The molecule has 5 nitrogen and oxygen atoms in total. The predicted molar refractivity (Wildman–Crippen MR) is 48.1 cm³/mol. The van der Waals surface area contributed by atoms with Crippen molar-refractivity contribution in [2.45, 2.75) is 18.9 Å². The minimum Gasteiger partial charge on any atom is -0.395 e. The van der Waals surface area contributed by atoms with Crippen LogP contribution in [0.4, 0.5) is 0 Å². The summed E-state index contributed by atoms with van der Waals surface area (Å²) in [6.45, 7) is 1.18. The van der Waals surface area contributed by atoms with E-state index >= 15 is 0 Å². The molecular weight excluding hydrogens is 194 g/mol. The van der Waals surface area contributed by atoms with Gasteiger partial charge in [-0.25, -0.2) is 0 Å². The quantitative estimate of drug-likeness (QED) is 0.600. The monoisotopic (exact) mass is 209 g/mol. The van der Waals surface area contributed by atoms with Gasteiger partial charge in [0.15, 0.2) is 0 Å². The largest absolute Gasteiger partial charge is 0.395 e. The molecule has 0 aromatic heterocycles. The fourth-order valence-electron chi connectivity index (χ4n) is 1.63. The molecule has 1 atom stereocenters. The van der Waals surface area contributed by atoms with E-state index in [9.17, 15) is 8.42 Å². The SMILES string of the molecule is O=S(=O)(O)CCN1CCC[C@H]1CO. The van der Waals surface area contributed by atoms with E-state index < -0.39 is 10.1 Å². The van der Waals surface area contributed by atoms with Crippen LogP contribution in [0.3, 0.4) is 0 Å². The topological polar surface area (TPSA) is 77.8 Å². The zero-order chi connectivity index (χ0) is 9.90. The summed E-state index contributed by atoms with van der Waals surface area (Å²) in [7, 11) is -3.87. The Bertz CT molecular complexity index is 251. The second-order valence-electron chi connectivity index (χ2n) is 3.30. The third-order valence-electron chi connectivity index (χ3n) is 2.35. The highest BCUT2D eigenvalue weighted by atomic mass is 32.2. The van der Waals surface area contributed by atoms with Crippen LogP contribution in [0.15, 0.2) is 0 Å². The van der Waals surface area contributed by atoms with Gasteiger partial charge in [0.05, 0.1) is 12.4 Å². The van der Waals surface area contributed by atoms with Crippen LogP contribution < -0.4 is 0 Å². The molecule has 1 heterocycles. The van der Waals surface area contributed by atoms with Crippen molar-refractivity contribution < 1.29 is 18.1 Å². The Morgan fingerprint density at radius 1 is 1.46 bits per heavy atom. The van der Waals surface area contributed by atoms with Gasteiger partial charge >= 0.3 is 0 Å². The summed E-state index contributed by atoms with van der Waals surface area (Å²) >= 11 is 0. The van der Waals surface area contributed by atoms with E-state index in [0.717, 1.165) is 19.4 Å². The van der Waals surface area contributed by atoms with Crippen LogP contribution >= 0.6 is 0 Å². The zero-order valence-corrected chi connectivity index (χ0v) is 8.20. The highest BCUT2D eigenvalue weighted by Crippen LogP contribution is 2.15. The van der Waals surface area contributed by atoms with Crippen molar-refractivity contribution in [1.29, 1.82) is 0 Å². The molecule has 0 bridgehead atoms. The van der Waals surface area contributed by atoms with E-state index in [0.29, 0.717) is 6.54 Å². The average Bonchev–Trinajstić information content (AvgIpc) is 2.46. The molecule has 13 heavy (non-hydrogen) atoms. The van der Waals surface area contributed by atoms with Gasteiger partial charge in [-0.05, 0) is 19.4 Å². The van der Waals surface area contributed by atoms with Gasteiger partial charge in [-0.2, -0.15) is 8.42 Å². The van der Waals surface area contributed by atoms with Crippen LogP contribution in [0.5, 0.6) is 0 Å². The second kappa shape index (κ2) is 4.36. The van der Waals surface area contributed by atoms with Crippen LogP contribution in [-0.2, 0) is 10.1 Å². The number of likely N-dealkylation sites (tertiary alicyclic amines) is 1. The second-order valence-corrected chi connectivity index (χ2v) is 4.87. The summed E-state index contributed by atoms with van der Waals surface area (Å²) in [5.74, 6) is -0.247. The normalized spacial score (nSPS) is 25.2. The molecule has 78 valence electrons. The summed E-state index contributed by atoms with van der Waals surface area (Å²) in [6.07, 6.45) is 1.89. The van der Waals surface area contributed by atoms with Gasteiger partial charge in [-0.3, -0.25) is 9.45 Å². The molecule has 0 aliphatic carbocycles. The Hall–Kier alpha value is -0.170. The predicted octanol–water partition coefficient (Wildman–Crippen LogP) is -0.669. The van der Waals surface area contributed by atoms with Crippen molar-refractivity contribution in [2.75, 3.05) is 25.4 Å². The summed E-state index contributed by atoms with van der Waals surface area (Å²) in [5.41, 5.74) is 0. The molecule has 1 rings (SSSR count). The van der Waals surface area contributed by atoms with E-state index in [1.54, 1.807) is 0 Å². The van der Waals surface area contributed by atoms with E-state index in [-0.39, 0.29) is 18.4 Å². The van der Waals surface area contributed by atoms with Crippen LogP contribution in [0.25, 0.3) is 0 Å². The number of hydrogen-bond donors (Lipinski definition) is 2. The number of nitrogens with zero attached hydrogens (tertiary/aromatic N) is 1. The Morgan fingerprint density at radius 2 is 2.15 bits per heavy atom. The molecule has 1 aliphatic heterocycles. The maximum Gasteiger partial charge on any atom is 0.266 e. The van der Waals surface area contributed by atoms with Gasteiger partial charge < -0.3 is 5.11 Å². The molecule has 1 fully saturated rings. The summed E-state index contributed by atoms with van der Waals surface area (Å²) in [4.78, 5) is 1.90. The highest BCUT2D eigenvalue weighted by molar-refractivity contribution is 7.85. The molecule has 0 saturated carbocycles. The van der Waals surface area contributed by atoms with Gasteiger partial charge in [0.25, 0.3) is 10.1 Å². The van der Waals surface area contributed by atoms with Gasteiger partial charge in [0, 0.05) is 12.6 Å². The lowest BCUT2D eigenvalue weighted by Crippen LogP contribution is -2.35. The highest BCUT2D eigenvalue weighted by Gasteiger charge is 2.24. The smallest absolute Gasteiger partial charge is 0.266 e. The van der Waals surface area contributed by atoms with Crippen LogP contribution in [0.2, 0.25) is 0 Å². The Labute approximate surface area is 78.1 Å². The fourth-order valence-corrected chi connectivity index (χ4v) is 2.09. The maximum absolute atomic E-state index is 10.4. The molecule has 2 N–H and O–H groups in total. The first-order valence-corrected chi connectivity index (χ1v) is 5.94. The van der Waals surface area contributed by atoms with E-state index in [1.165, 1.54) is 0 Å². The lowest BCUT2D eigenvalue weighted by Gasteiger charge is -2.21. The molecule has 6 heteroatoms.